The highest BCUT2D eigenvalue weighted by molar-refractivity contribution is 6.46. The minimum absolute atomic E-state index is 0.0116. The van der Waals surface area contributed by atoms with Gasteiger partial charge in [0.2, 0.25) is 0 Å². The van der Waals surface area contributed by atoms with Crippen molar-refractivity contribution >= 4 is 17.4 Å². The zero-order valence-corrected chi connectivity index (χ0v) is 20.9. The van der Waals surface area contributed by atoms with Crippen LogP contribution >= 0.6 is 0 Å². The topological polar surface area (TPSA) is 79.3 Å². The Bertz CT molecular complexity index is 1090. The molecule has 0 saturated carbocycles. The van der Waals surface area contributed by atoms with Crippen LogP contribution in [-0.4, -0.2) is 66.5 Å². The van der Waals surface area contributed by atoms with Gasteiger partial charge in [-0.2, -0.15) is 0 Å². The zero-order valence-electron chi connectivity index (χ0n) is 20.9. The highest BCUT2D eigenvalue weighted by atomic mass is 16.5. The van der Waals surface area contributed by atoms with Crippen LogP contribution in [-0.2, 0) is 9.59 Å². The molecule has 1 aliphatic rings. The number of nitrogens with zero attached hydrogens (tertiary/aromatic N) is 2. The summed E-state index contributed by atoms with van der Waals surface area (Å²) in [6.45, 7) is 9.00. The van der Waals surface area contributed by atoms with Crippen LogP contribution in [0, 0.1) is 0 Å². The molecule has 7 heteroatoms. The van der Waals surface area contributed by atoms with E-state index in [0.717, 1.165) is 6.54 Å². The molecule has 0 radical (unpaired) electrons. The summed E-state index contributed by atoms with van der Waals surface area (Å²) < 4.78 is 11.4. The predicted octanol–water partition coefficient (Wildman–Crippen LogP) is 4.41. The third-order valence-corrected chi connectivity index (χ3v) is 5.59. The number of ketones is 1. The van der Waals surface area contributed by atoms with E-state index in [1.54, 1.807) is 47.4 Å². The fraction of sp³-hybridized carbons (Fsp3) is 0.357. The second kappa shape index (κ2) is 11.7. The minimum Gasteiger partial charge on any atom is -0.507 e. The van der Waals surface area contributed by atoms with Crippen molar-refractivity contribution in [2.24, 2.45) is 0 Å². The Morgan fingerprint density at radius 3 is 2.49 bits per heavy atom. The molecular weight excluding hydrogens is 444 g/mol. The lowest BCUT2D eigenvalue weighted by Crippen LogP contribution is -2.32. The number of likely N-dealkylation sites (tertiary alicyclic amines) is 1. The van der Waals surface area contributed by atoms with Gasteiger partial charge in [0.25, 0.3) is 11.7 Å². The molecule has 1 amide bonds. The molecule has 2 aromatic rings. The standard InChI is InChI=1S/C28H34N2O5/c1-6-17-34-23-10-7-9-21(18-23)25-24(27(32)28(33)30(25)16-8-15-29(4)5)26(31)20-11-13-22(14-12-20)35-19(2)3/h6-7,9-14,18-19,25,31H,1,8,15-17H2,2-5H3/b26-24+/t25-/m1/s1. The Morgan fingerprint density at radius 1 is 1.14 bits per heavy atom. The van der Waals surface area contributed by atoms with Gasteiger partial charge in [-0.25, -0.2) is 0 Å². The largest absolute Gasteiger partial charge is 0.507 e. The number of hydrogen-bond acceptors (Lipinski definition) is 6. The second-order valence-corrected chi connectivity index (χ2v) is 9.01. The third-order valence-electron chi connectivity index (χ3n) is 5.59. The molecule has 0 spiro atoms. The Hall–Kier alpha value is -3.58. The maximum atomic E-state index is 13.2. The molecule has 0 unspecified atom stereocenters. The first kappa shape index (κ1) is 26.0. The molecule has 1 fully saturated rings. The number of benzene rings is 2. The van der Waals surface area contributed by atoms with Crippen LogP contribution in [0.15, 0.2) is 66.8 Å². The Balaban J connectivity index is 2.05. The van der Waals surface area contributed by atoms with Gasteiger partial charge in [0.15, 0.2) is 0 Å². The van der Waals surface area contributed by atoms with E-state index in [9.17, 15) is 14.7 Å². The van der Waals surface area contributed by atoms with Crippen LogP contribution in [0.4, 0.5) is 0 Å². The fourth-order valence-corrected chi connectivity index (χ4v) is 4.06. The average molecular weight is 479 g/mol. The van der Waals surface area contributed by atoms with Crippen molar-refractivity contribution in [3.05, 3.63) is 77.9 Å². The lowest BCUT2D eigenvalue weighted by Gasteiger charge is -2.26. The van der Waals surface area contributed by atoms with Gasteiger partial charge in [-0.3, -0.25) is 9.59 Å². The van der Waals surface area contributed by atoms with Crippen LogP contribution in [0.3, 0.4) is 0 Å². The summed E-state index contributed by atoms with van der Waals surface area (Å²) in [5, 5.41) is 11.2. The normalized spacial score (nSPS) is 17.3. The Kier molecular flexibility index (Phi) is 8.71. The number of ether oxygens (including phenoxy) is 2. The van der Waals surface area contributed by atoms with Gasteiger partial charge in [-0.05, 0) is 82.9 Å². The van der Waals surface area contributed by atoms with E-state index >= 15 is 0 Å². The molecule has 0 aliphatic carbocycles. The molecule has 7 nitrogen and oxygen atoms in total. The van der Waals surface area contributed by atoms with E-state index < -0.39 is 17.7 Å². The molecule has 2 aromatic carbocycles. The molecule has 186 valence electrons. The summed E-state index contributed by atoms with van der Waals surface area (Å²) in [5.74, 6) is -0.275. The first-order chi connectivity index (χ1) is 16.7. The molecule has 1 aliphatic heterocycles. The summed E-state index contributed by atoms with van der Waals surface area (Å²) in [6.07, 6.45) is 2.34. The van der Waals surface area contributed by atoms with Crippen LogP contribution in [0.1, 0.15) is 37.4 Å². The fourth-order valence-electron chi connectivity index (χ4n) is 4.06. The molecule has 0 bridgehead atoms. The maximum absolute atomic E-state index is 13.2. The van der Waals surface area contributed by atoms with Crippen molar-refractivity contribution < 1.29 is 24.2 Å². The summed E-state index contributed by atoms with van der Waals surface area (Å²) in [5.41, 5.74) is 1.20. The number of amides is 1. The van der Waals surface area contributed by atoms with Crippen molar-refractivity contribution in [1.29, 1.82) is 0 Å². The lowest BCUT2D eigenvalue weighted by atomic mass is 9.95. The molecule has 35 heavy (non-hydrogen) atoms. The van der Waals surface area contributed by atoms with Crippen molar-refractivity contribution in [3.63, 3.8) is 0 Å². The van der Waals surface area contributed by atoms with Gasteiger partial charge < -0.3 is 24.4 Å². The highest BCUT2D eigenvalue weighted by Gasteiger charge is 2.45. The van der Waals surface area contributed by atoms with Crippen molar-refractivity contribution in [1.82, 2.24) is 9.80 Å². The van der Waals surface area contributed by atoms with Gasteiger partial charge >= 0.3 is 0 Å². The quantitative estimate of drug-likeness (QED) is 0.223. The molecule has 3 rings (SSSR count). The van der Waals surface area contributed by atoms with Gasteiger partial charge in [0.1, 0.15) is 23.9 Å². The van der Waals surface area contributed by atoms with E-state index in [2.05, 4.69) is 6.58 Å². The summed E-state index contributed by atoms with van der Waals surface area (Å²) in [7, 11) is 3.91. The third kappa shape index (κ3) is 6.31. The number of carbonyl (C=O) groups excluding carboxylic acids is 2. The molecule has 0 aromatic heterocycles. The summed E-state index contributed by atoms with van der Waals surface area (Å²) in [4.78, 5) is 29.9. The SMILES string of the molecule is C=CCOc1cccc([C@@H]2/C(=C(\O)c3ccc(OC(C)C)cc3)C(=O)C(=O)N2CCCN(C)C)c1. The van der Waals surface area contributed by atoms with Crippen LogP contribution in [0.5, 0.6) is 11.5 Å². The smallest absolute Gasteiger partial charge is 0.295 e. The van der Waals surface area contributed by atoms with E-state index in [1.807, 2.05) is 45.0 Å². The van der Waals surface area contributed by atoms with E-state index in [1.165, 1.54) is 0 Å². The molecule has 1 heterocycles. The Labute approximate surface area is 207 Å². The van der Waals surface area contributed by atoms with Gasteiger partial charge in [0.05, 0.1) is 17.7 Å². The van der Waals surface area contributed by atoms with Gasteiger partial charge in [0, 0.05) is 12.1 Å². The predicted molar refractivity (Wildman–Crippen MR) is 137 cm³/mol. The monoisotopic (exact) mass is 478 g/mol. The Morgan fingerprint density at radius 2 is 1.86 bits per heavy atom. The number of carbonyl (C=O) groups is 2. The van der Waals surface area contributed by atoms with Crippen LogP contribution < -0.4 is 9.47 Å². The summed E-state index contributed by atoms with van der Waals surface area (Å²) >= 11 is 0. The molecule has 1 N–H and O–H groups in total. The van der Waals surface area contributed by atoms with Crippen molar-refractivity contribution in [3.8, 4) is 11.5 Å². The molecule has 1 saturated heterocycles. The maximum Gasteiger partial charge on any atom is 0.295 e. The van der Waals surface area contributed by atoms with E-state index in [-0.39, 0.29) is 17.4 Å². The molecule has 1 atom stereocenters. The first-order valence-corrected chi connectivity index (χ1v) is 11.8. The van der Waals surface area contributed by atoms with Crippen molar-refractivity contribution in [2.75, 3.05) is 33.8 Å². The first-order valence-electron chi connectivity index (χ1n) is 11.8. The van der Waals surface area contributed by atoms with Crippen LogP contribution in [0.2, 0.25) is 0 Å². The second-order valence-electron chi connectivity index (χ2n) is 9.01. The van der Waals surface area contributed by atoms with Crippen molar-refractivity contribution in [2.45, 2.75) is 32.4 Å². The number of aliphatic hydroxyl groups excluding tert-OH is 1. The minimum atomic E-state index is -0.726. The number of Topliss-reactive ketones (excluding diaryl/α,β-unsaturated/α-hetero) is 1. The highest BCUT2D eigenvalue weighted by Crippen LogP contribution is 2.40. The number of hydrogen-bond donors (Lipinski definition) is 1. The van der Waals surface area contributed by atoms with Gasteiger partial charge in [-0.1, -0.05) is 24.8 Å². The van der Waals surface area contributed by atoms with E-state index in [4.69, 9.17) is 9.47 Å². The lowest BCUT2D eigenvalue weighted by molar-refractivity contribution is -0.139. The zero-order chi connectivity index (χ0) is 25.5. The van der Waals surface area contributed by atoms with E-state index in [0.29, 0.717) is 42.2 Å². The molecular formula is C28H34N2O5. The average Bonchev–Trinajstić information content (AvgIpc) is 3.07. The number of rotatable bonds is 11. The summed E-state index contributed by atoms with van der Waals surface area (Å²) in [6, 6.07) is 13.4. The number of aliphatic hydroxyl groups is 1. The van der Waals surface area contributed by atoms with Gasteiger partial charge in [-0.15, -0.1) is 0 Å². The van der Waals surface area contributed by atoms with Crippen LogP contribution in [0.25, 0.3) is 5.76 Å².